The van der Waals surface area contributed by atoms with Crippen LogP contribution in [0.3, 0.4) is 0 Å². The van der Waals surface area contributed by atoms with E-state index in [1.807, 2.05) is 0 Å². The van der Waals surface area contributed by atoms with Crippen LogP contribution in [0.15, 0.2) is 29.8 Å². The van der Waals surface area contributed by atoms with Crippen LogP contribution in [0.25, 0.3) is 0 Å². The molecule has 2 aromatic heterocycles. The highest BCUT2D eigenvalue weighted by Gasteiger charge is 2.60. The maximum Gasteiger partial charge on any atom is 0.294 e. The Hall–Kier alpha value is -3.54. The van der Waals surface area contributed by atoms with Gasteiger partial charge in [-0.3, -0.25) is 14.4 Å². The number of hydrogen-bond donors (Lipinski definition) is 2. The third kappa shape index (κ3) is 4.01. The third-order valence-electron chi connectivity index (χ3n) is 6.40. The fourth-order valence-electron chi connectivity index (χ4n) is 4.93. The molecule has 2 aliphatic rings. The smallest absolute Gasteiger partial charge is 0.294 e. The number of benzene rings is 1. The number of carbonyl (C=O) groups is 3. The molecule has 0 radical (unpaired) electrons. The number of rotatable bonds is 6. The second kappa shape index (κ2) is 8.29. The van der Waals surface area contributed by atoms with Crippen LogP contribution in [0, 0.1) is 12.7 Å². The van der Waals surface area contributed by atoms with Crippen molar-refractivity contribution in [2.24, 2.45) is 0 Å². The molecule has 0 spiro atoms. The van der Waals surface area contributed by atoms with Gasteiger partial charge < -0.3 is 15.2 Å². The minimum atomic E-state index is -2.99. The number of fused-ring (bicyclic) bond motifs is 1. The Bertz CT molecular complexity index is 1330. The zero-order valence-corrected chi connectivity index (χ0v) is 19.3. The van der Waals surface area contributed by atoms with Gasteiger partial charge in [-0.05, 0) is 49.6 Å². The fourth-order valence-corrected chi connectivity index (χ4v) is 5.64. The standard InChI is InChI=1S/C23H20F3N5O3S/c1-12-16(19(33)28-14-6-4-13(24)5-7-14)15-3-2-8-31(15)17(12)18(32)20(34)29-22(9-23(25,26)10-22)21-30-27-11-35-21/h4-7,11H,2-3,8-10H2,1H3,(H,28,33)(H,29,34). The van der Waals surface area contributed by atoms with E-state index in [9.17, 15) is 27.6 Å². The van der Waals surface area contributed by atoms with Crippen LogP contribution >= 0.6 is 11.3 Å². The quantitative estimate of drug-likeness (QED) is 0.395. The number of anilines is 1. The molecule has 2 N–H and O–H groups in total. The van der Waals surface area contributed by atoms with Crippen molar-refractivity contribution in [3.05, 3.63) is 63.1 Å². The highest BCUT2D eigenvalue weighted by molar-refractivity contribution is 7.09. The second-order valence-electron chi connectivity index (χ2n) is 8.83. The lowest BCUT2D eigenvalue weighted by atomic mass is 9.73. The van der Waals surface area contributed by atoms with Crippen LogP contribution in [0.4, 0.5) is 18.9 Å². The van der Waals surface area contributed by atoms with Gasteiger partial charge in [0.15, 0.2) is 0 Å². The topological polar surface area (TPSA) is 106 Å². The first-order valence-corrected chi connectivity index (χ1v) is 11.8. The molecule has 1 saturated carbocycles. The van der Waals surface area contributed by atoms with Crippen LogP contribution in [0.1, 0.15) is 56.4 Å². The maximum atomic E-state index is 13.8. The molecule has 1 fully saturated rings. The molecular formula is C23H20F3N5O3S. The molecule has 1 aliphatic heterocycles. The summed E-state index contributed by atoms with van der Waals surface area (Å²) in [6.07, 6.45) is -0.145. The van der Waals surface area contributed by atoms with Gasteiger partial charge in [0.1, 0.15) is 21.9 Å². The molecule has 3 heterocycles. The number of alkyl halides is 2. The molecule has 1 aromatic carbocycles. The van der Waals surface area contributed by atoms with Crippen LogP contribution in [-0.2, 0) is 23.3 Å². The molecule has 5 rings (SSSR count). The normalized spacial score (nSPS) is 17.4. The number of ketones is 1. The molecule has 0 bridgehead atoms. The van der Waals surface area contributed by atoms with Gasteiger partial charge in [0, 0.05) is 30.8 Å². The zero-order valence-electron chi connectivity index (χ0n) is 18.5. The van der Waals surface area contributed by atoms with E-state index < -0.39 is 47.7 Å². The fraction of sp³-hybridized carbons (Fsp3) is 0.348. The predicted molar refractivity (Wildman–Crippen MR) is 120 cm³/mol. The van der Waals surface area contributed by atoms with Crippen LogP contribution in [0.2, 0.25) is 0 Å². The molecular weight excluding hydrogens is 483 g/mol. The summed E-state index contributed by atoms with van der Waals surface area (Å²) in [5.41, 5.74) is 1.56. The molecule has 2 amide bonds. The number of nitrogens with zero attached hydrogens (tertiary/aromatic N) is 3. The van der Waals surface area contributed by atoms with Crippen LogP contribution in [-0.4, -0.2) is 38.3 Å². The average molecular weight is 504 g/mol. The van der Waals surface area contributed by atoms with Crippen molar-refractivity contribution < 1.29 is 27.6 Å². The number of nitrogens with one attached hydrogen (secondary N) is 2. The number of Topliss-reactive ketones (excluding diaryl/α,β-unsaturated/α-hetero) is 1. The van der Waals surface area contributed by atoms with E-state index >= 15 is 0 Å². The lowest BCUT2D eigenvalue weighted by Gasteiger charge is -2.45. The second-order valence-corrected chi connectivity index (χ2v) is 9.66. The number of aromatic nitrogens is 3. The van der Waals surface area contributed by atoms with Crippen molar-refractivity contribution in [3.63, 3.8) is 0 Å². The minimum absolute atomic E-state index is 0.0535. The van der Waals surface area contributed by atoms with Crippen molar-refractivity contribution in [2.75, 3.05) is 5.32 Å². The molecule has 35 heavy (non-hydrogen) atoms. The van der Waals surface area contributed by atoms with E-state index in [1.165, 1.54) is 29.8 Å². The number of hydrogen-bond acceptors (Lipinski definition) is 6. The van der Waals surface area contributed by atoms with Crippen LogP contribution < -0.4 is 10.6 Å². The van der Waals surface area contributed by atoms with Gasteiger partial charge in [-0.25, -0.2) is 13.2 Å². The lowest BCUT2D eigenvalue weighted by Crippen LogP contribution is -2.61. The van der Waals surface area contributed by atoms with Gasteiger partial charge in [0.2, 0.25) is 0 Å². The van der Waals surface area contributed by atoms with Crippen molar-refractivity contribution in [1.29, 1.82) is 0 Å². The molecule has 0 saturated heterocycles. The monoisotopic (exact) mass is 503 g/mol. The van der Waals surface area contributed by atoms with Crippen molar-refractivity contribution >= 4 is 34.6 Å². The Labute approximate surface area is 201 Å². The van der Waals surface area contributed by atoms with E-state index in [4.69, 9.17) is 0 Å². The first-order chi connectivity index (χ1) is 16.6. The van der Waals surface area contributed by atoms with E-state index in [0.29, 0.717) is 36.3 Å². The highest BCUT2D eigenvalue weighted by Crippen LogP contribution is 2.52. The van der Waals surface area contributed by atoms with E-state index in [2.05, 4.69) is 20.8 Å². The molecule has 8 nitrogen and oxygen atoms in total. The summed E-state index contributed by atoms with van der Waals surface area (Å²) in [6.45, 7) is 2.01. The molecule has 12 heteroatoms. The molecule has 0 unspecified atom stereocenters. The summed E-state index contributed by atoms with van der Waals surface area (Å²) < 4.78 is 42.4. The zero-order chi connectivity index (χ0) is 25.0. The van der Waals surface area contributed by atoms with Gasteiger partial charge in [-0.2, -0.15) is 0 Å². The molecule has 182 valence electrons. The first kappa shape index (κ1) is 23.2. The first-order valence-electron chi connectivity index (χ1n) is 10.9. The van der Waals surface area contributed by atoms with Crippen molar-refractivity contribution in [2.45, 2.75) is 50.6 Å². The molecule has 3 aromatic rings. The highest BCUT2D eigenvalue weighted by atomic mass is 32.1. The van der Waals surface area contributed by atoms with E-state index in [1.54, 1.807) is 11.5 Å². The summed E-state index contributed by atoms with van der Waals surface area (Å²) in [7, 11) is 0. The number of carbonyl (C=O) groups excluding carboxylic acids is 3. The molecule has 1 aliphatic carbocycles. The number of amides is 2. The maximum absolute atomic E-state index is 13.8. The summed E-state index contributed by atoms with van der Waals surface area (Å²) in [4.78, 5) is 39.4. The van der Waals surface area contributed by atoms with Gasteiger partial charge in [-0.15, -0.1) is 21.5 Å². The average Bonchev–Trinajstić information content (AvgIpc) is 3.51. The van der Waals surface area contributed by atoms with E-state index in [-0.39, 0.29) is 16.3 Å². The van der Waals surface area contributed by atoms with Crippen molar-refractivity contribution in [1.82, 2.24) is 20.1 Å². The summed E-state index contributed by atoms with van der Waals surface area (Å²) in [5, 5.41) is 12.9. The SMILES string of the molecule is Cc1c(C(=O)Nc2ccc(F)cc2)c2n(c1C(=O)C(=O)NC1(c3nncs3)CC(F)(F)C1)CCC2. The predicted octanol–water partition coefficient (Wildman–Crippen LogP) is 3.61. The minimum Gasteiger partial charge on any atom is -0.341 e. The van der Waals surface area contributed by atoms with Gasteiger partial charge in [0.05, 0.1) is 11.3 Å². The summed E-state index contributed by atoms with van der Waals surface area (Å²) in [6, 6.07) is 5.26. The third-order valence-corrected chi connectivity index (χ3v) is 7.30. The van der Waals surface area contributed by atoms with Gasteiger partial charge >= 0.3 is 0 Å². The molecule has 0 atom stereocenters. The number of halogens is 3. The Morgan fingerprint density at radius 1 is 1.14 bits per heavy atom. The van der Waals surface area contributed by atoms with Gasteiger partial charge in [0.25, 0.3) is 23.5 Å². The Balaban J connectivity index is 1.43. The van der Waals surface area contributed by atoms with Crippen molar-refractivity contribution in [3.8, 4) is 0 Å². The Morgan fingerprint density at radius 2 is 1.86 bits per heavy atom. The largest absolute Gasteiger partial charge is 0.341 e. The Kier molecular flexibility index (Phi) is 5.50. The van der Waals surface area contributed by atoms with Crippen LogP contribution in [0.5, 0.6) is 0 Å². The summed E-state index contributed by atoms with van der Waals surface area (Å²) >= 11 is 1.03. The van der Waals surface area contributed by atoms with E-state index in [0.717, 1.165) is 11.3 Å². The lowest BCUT2D eigenvalue weighted by molar-refractivity contribution is -0.147. The Morgan fingerprint density at radius 3 is 2.49 bits per heavy atom. The summed E-state index contributed by atoms with van der Waals surface area (Å²) in [5.74, 6) is -5.87. The van der Waals surface area contributed by atoms with Gasteiger partial charge in [-0.1, -0.05) is 0 Å².